The number of hydrazine groups is 1. The van der Waals surface area contributed by atoms with Crippen molar-refractivity contribution in [3.63, 3.8) is 0 Å². The van der Waals surface area contributed by atoms with Gasteiger partial charge in [0.05, 0.1) is 0 Å². The Labute approximate surface area is 103 Å². The number of sulfonamides is 2. The third-order valence-corrected chi connectivity index (χ3v) is 7.27. The van der Waals surface area contributed by atoms with Crippen LogP contribution in [0.5, 0.6) is 0 Å². The van der Waals surface area contributed by atoms with Gasteiger partial charge < -0.3 is 0 Å². The fourth-order valence-electron chi connectivity index (χ4n) is 1.27. The molecule has 1 aliphatic heterocycles. The number of nitrogens with two attached hydrogens (primary N) is 1. The Morgan fingerprint density at radius 2 is 2.12 bits per heavy atom. The molecule has 10 heteroatoms. The van der Waals surface area contributed by atoms with E-state index in [1.165, 1.54) is 25.4 Å². The zero-order chi connectivity index (χ0) is 12.8. The van der Waals surface area contributed by atoms with Gasteiger partial charge in [-0.3, -0.25) is 10.1 Å². The van der Waals surface area contributed by atoms with Crippen molar-refractivity contribution in [2.75, 3.05) is 7.05 Å². The normalized spacial score (nSPS) is 18.1. The molecule has 0 bridgehead atoms. The molecule has 0 aromatic carbocycles. The predicted molar refractivity (Wildman–Crippen MR) is 62.8 cm³/mol. The molecule has 0 saturated carbocycles. The van der Waals surface area contributed by atoms with Crippen LogP contribution in [0.15, 0.2) is 20.7 Å². The van der Waals surface area contributed by atoms with Crippen LogP contribution in [0.25, 0.3) is 6.08 Å². The van der Waals surface area contributed by atoms with E-state index in [0.717, 1.165) is 4.31 Å². The number of nitrogens with zero attached hydrogens (tertiary/aromatic N) is 1. The average molecular weight is 295 g/mol. The van der Waals surface area contributed by atoms with Crippen LogP contribution in [-0.2, 0) is 20.0 Å². The molecule has 0 unspecified atom stereocenters. The molecule has 0 aliphatic carbocycles. The van der Waals surface area contributed by atoms with Gasteiger partial charge in [0, 0.05) is 18.8 Å². The van der Waals surface area contributed by atoms with E-state index in [1.54, 1.807) is 4.83 Å². The largest absolute Gasteiger partial charge is 0.276 e. The van der Waals surface area contributed by atoms with Crippen molar-refractivity contribution in [2.45, 2.75) is 8.42 Å². The van der Waals surface area contributed by atoms with Crippen LogP contribution in [0.1, 0.15) is 5.56 Å². The lowest BCUT2D eigenvalue weighted by molar-refractivity contribution is 0.540. The highest BCUT2D eigenvalue weighted by Crippen LogP contribution is 2.35. The third-order valence-electron chi connectivity index (χ3n) is 2.20. The second-order valence-corrected chi connectivity index (χ2v) is 8.45. The number of thiophene rings is 1. The number of fused-ring (bicyclic) bond motifs is 1. The average Bonchev–Trinajstić information content (AvgIpc) is 2.70. The highest BCUT2D eigenvalue weighted by atomic mass is 32.3. The van der Waals surface area contributed by atoms with Gasteiger partial charge in [-0.15, -0.1) is 16.2 Å². The number of hydrogen-bond acceptors (Lipinski definition) is 6. The molecule has 0 fully saturated rings. The highest BCUT2D eigenvalue weighted by molar-refractivity contribution is 7.94. The minimum atomic E-state index is -3.83. The third kappa shape index (κ3) is 1.87. The molecule has 2 heterocycles. The Morgan fingerprint density at radius 1 is 1.47 bits per heavy atom. The van der Waals surface area contributed by atoms with Crippen LogP contribution in [-0.4, -0.2) is 28.2 Å². The van der Waals surface area contributed by atoms with Gasteiger partial charge in [-0.25, -0.2) is 16.8 Å². The van der Waals surface area contributed by atoms with Crippen molar-refractivity contribution in [1.82, 2.24) is 9.14 Å². The molecule has 0 atom stereocenters. The van der Waals surface area contributed by atoms with E-state index in [9.17, 15) is 16.8 Å². The van der Waals surface area contributed by atoms with E-state index < -0.39 is 20.0 Å². The Morgan fingerprint density at radius 3 is 2.71 bits per heavy atom. The molecule has 94 valence electrons. The van der Waals surface area contributed by atoms with Crippen molar-refractivity contribution in [1.29, 1.82) is 0 Å². The van der Waals surface area contributed by atoms with Crippen molar-refractivity contribution in [3.05, 3.63) is 17.8 Å². The van der Waals surface area contributed by atoms with Gasteiger partial charge in [0.2, 0.25) is 0 Å². The zero-order valence-corrected chi connectivity index (χ0v) is 11.1. The van der Waals surface area contributed by atoms with Gasteiger partial charge in [0.15, 0.2) is 0 Å². The summed E-state index contributed by atoms with van der Waals surface area (Å²) >= 11 is 0.666. The first-order chi connectivity index (χ1) is 7.79. The summed E-state index contributed by atoms with van der Waals surface area (Å²) in [5.41, 5.74) is 0.349. The van der Waals surface area contributed by atoms with E-state index in [0.29, 0.717) is 16.9 Å². The molecule has 2 rings (SSSR count). The maximum Gasteiger partial charge on any atom is 0.273 e. The summed E-state index contributed by atoms with van der Waals surface area (Å²) in [6, 6.07) is 1.27. The minimum Gasteiger partial charge on any atom is -0.276 e. The smallest absolute Gasteiger partial charge is 0.273 e. The van der Waals surface area contributed by atoms with Gasteiger partial charge in [0.25, 0.3) is 20.0 Å². The maximum absolute atomic E-state index is 11.9. The van der Waals surface area contributed by atoms with E-state index in [4.69, 9.17) is 5.84 Å². The molecular formula is C7H9N3O4S3. The molecule has 0 spiro atoms. The SMILES string of the molecule is CN1C=Cc2cc(S(=O)(=O)NN)sc2S1(=O)=O. The lowest BCUT2D eigenvalue weighted by atomic mass is 10.3. The summed E-state index contributed by atoms with van der Waals surface area (Å²) in [4.78, 5) is 1.66. The molecule has 0 amide bonds. The molecule has 1 aromatic rings. The van der Waals surface area contributed by atoms with Gasteiger partial charge in [0.1, 0.15) is 8.42 Å². The monoisotopic (exact) mass is 295 g/mol. The van der Waals surface area contributed by atoms with E-state index >= 15 is 0 Å². The number of rotatable bonds is 2. The first-order valence-corrected chi connectivity index (χ1v) is 8.05. The number of nitrogens with one attached hydrogen (secondary N) is 1. The fourth-order valence-corrected chi connectivity index (χ4v) is 5.22. The van der Waals surface area contributed by atoms with Gasteiger partial charge in [-0.05, 0) is 12.1 Å². The molecule has 17 heavy (non-hydrogen) atoms. The minimum absolute atomic E-state index is 0.00340. The predicted octanol–water partition coefficient (Wildman–Crippen LogP) is -0.495. The van der Waals surface area contributed by atoms with E-state index in [-0.39, 0.29) is 8.42 Å². The van der Waals surface area contributed by atoms with Crippen LogP contribution in [0.3, 0.4) is 0 Å². The second-order valence-electron chi connectivity index (χ2n) is 3.27. The molecular weight excluding hydrogens is 286 g/mol. The van der Waals surface area contributed by atoms with Gasteiger partial charge in [-0.1, -0.05) is 0 Å². The van der Waals surface area contributed by atoms with E-state index in [1.807, 2.05) is 0 Å². The quantitative estimate of drug-likeness (QED) is 0.565. The van der Waals surface area contributed by atoms with Crippen LogP contribution in [0.4, 0.5) is 0 Å². The summed E-state index contributed by atoms with van der Waals surface area (Å²) < 4.78 is 47.5. The van der Waals surface area contributed by atoms with Crippen LogP contribution < -0.4 is 10.7 Å². The van der Waals surface area contributed by atoms with Crippen molar-refractivity contribution in [3.8, 4) is 0 Å². The summed E-state index contributed by atoms with van der Waals surface area (Å²) in [6.45, 7) is 0. The molecule has 7 nitrogen and oxygen atoms in total. The zero-order valence-electron chi connectivity index (χ0n) is 8.61. The van der Waals surface area contributed by atoms with E-state index in [2.05, 4.69) is 0 Å². The Balaban J connectivity index is 2.68. The summed E-state index contributed by atoms with van der Waals surface area (Å²) in [6.07, 6.45) is 2.89. The van der Waals surface area contributed by atoms with Gasteiger partial charge >= 0.3 is 0 Å². The Hall–Kier alpha value is -0.940. The number of hydrogen-bond donors (Lipinski definition) is 2. The topological polar surface area (TPSA) is 110 Å². The first-order valence-electron chi connectivity index (χ1n) is 4.31. The van der Waals surface area contributed by atoms with Crippen LogP contribution in [0, 0.1) is 0 Å². The van der Waals surface area contributed by atoms with Crippen molar-refractivity contribution < 1.29 is 16.8 Å². The lowest BCUT2D eigenvalue weighted by Crippen LogP contribution is -2.29. The summed E-state index contributed by atoms with van der Waals surface area (Å²) in [5, 5.41) is 0. The lowest BCUT2D eigenvalue weighted by Gasteiger charge is -2.17. The summed E-state index contributed by atoms with van der Waals surface area (Å²) in [5.74, 6) is 4.88. The first kappa shape index (κ1) is 12.5. The summed E-state index contributed by atoms with van der Waals surface area (Å²) in [7, 11) is -6.09. The molecule has 1 aromatic heterocycles. The van der Waals surface area contributed by atoms with Crippen LogP contribution >= 0.6 is 11.3 Å². The van der Waals surface area contributed by atoms with Gasteiger partial charge in [-0.2, -0.15) is 0 Å². The second kappa shape index (κ2) is 3.78. The fraction of sp³-hybridized carbons (Fsp3) is 0.143. The standard InChI is InChI=1S/C7H9N3O4S3/c1-10-3-2-5-4-6(16(11,12)9-8)15-7(5)17(10,13)14/h2-4,9H,8H2,1H3. The molecule has 0 saturated heterocycles. The maximum atomic E-state index is 11.9. The Bertz CT molecular complexity index is 686. The van der Waals surface area contributed by atoms with Crippen molar-refractivity contribution >= 4 is 37.5 Å². The highest BCUT2D eigenvalue weighted by Gasteiger charge is 2.30. The molecule has 0 radical (unpaired) electrons. The van der Waals surface area contributed by atoms with Crippen molar-refractivity contribution in [2.24, 2.45) is 5.84 Å². The molecule has 3 N–H and O–H groups in total. The Kier molecular flexibility index (Phi) is 2.78. The van der Waals surface area contributed by atoms with Crippen LogP contribution in [0.2, 0.25) is 0 Å². The molecule has 1 aliphatic rings.